The van der Waals surface area contributed by atoms with Crippen molar-refractivity contribution in [2.75, 3.05) is 5.32 Å². The van der Waals surface area contributed by atoms with Crippen LogP contribution in [-0.2, 0) is 25.9 Å². The van der Waals surface area contributed by atoms with Gasteiger partial charge in [0.25, 0.3) is 5.91 Å². The lowest BCUT2D eigenvalue weighted by Crippen LogP contribution is -2.26. The minimum Gasteiger partial charge on any atom is -0.385 e. The molecule has 2 N–H and O–H groups in total. The number of fused-ring (bicyclic) bond motifs is 1. The van der Waals surface area contributed by atoms with Crippen molar-refractivity contribution in [1.82, 2.24) is 19.3 Å². The summed E-state index contributed by atoms with van der Waals surface area (Å²) in [6, 6.07) is 3.81. The first-order chi connectivity index (χ1) is 17.3. The molecule has 13 heteroatoms. The Morgan fingerprint density at radius 1 is 1.19 bits per heavy atom. The summed E-state index contributed by atoms with van der Waals surface area (Å²) in [7, 11) is 2.99. The zero-order chi connectivity index (χ0) is 26.9. The monoisotopic (exact) mass is 559 g/mol. The molecule has 2 atom stereocenters. The summed E-state index contributed by atoms with van der Waals surface area (Å²) >= 11 is 12.1. The lowest BCUT2D eigenvalue weighted by molar-refractivity contribution is -0.144. The summed E-state index contributed by atoms with van der Waals surface area (Å²) in [6.07, 6.45) is -2.06. The van der Waals surface area contributed by atoms with Crippen molar-refractivity contribution >= 4 is 34.8 Å². The first kappa shape index (κ1) is 26.0. The number of nitrogens with one attached hydrogen (secondary N) is 1. The minimum atomic E-state index is -4.67. The summed E-state index contributed by atoms with van der Waals surface area (Å²) in [5, 5.41) is 17.5. The van der Waals surface area contributed by atoms with E-state index >= 15 is 0 Å². The maximum absolute atomic E-state index is 13.5. The zero-order valence-corrected chi connectivity index (χ0v) is 21.3. The van der Waals surface area contributed by atoms with E-state index in [1.54, 1.807) is 7.05 Å². The molecule has 2 saturated carbocycles. The second-order valence-corrected chi connectivity index (χ2v) is 10.7. The average Bonchev–Trinajstić information content (AvgIpc) is 3.52. The van der Waals surface area contributed by atoms with Gasteiger partial charge in [-0.15, -0.1) is 0 Å². The van der Waals surface area contributed by atoms with Crippen LogP contribution in [0.5, 0.6) is 0 Å². The first-order valence-corrected chi connectivity index (χ1v) is 12.3. The van der Waals surface area contributed by atoms with Crippen LogP contribution in [0.25, 0.3) is 0 Å². The molecular weight excluding hydrogens is 537 g/mol. The summed E-state index contributed by atoms with van der Waals surface area (Å²) in [5.74, 6) is -1.42. The van der Waals surface area contributed by atoms with Crippen LogP contribution in [-0.4, -0.2) is 30.3 Å². The van der Waals surface area contributed by atoms with Crippen molar-refractivity contribution in [2.24, 2.45) is 25.9 Å². The number of hydrogen-bond acceptors (Lipinski definition) is 4. The van der Waals surface area contributed by atoms with Crippen LogP contribution >= 0.6 is 23.2 Å². The molecule has 1 aromatic carbocycles. The van der Waals surface area contributed by atoms with Gasteiger partial charge in [0.1, 0.15) is 11.5 Å². The number of nitrogens with zero attached hydrogens (tertiary/aromatic N) is 4. The predicted octanol–water partition coefficient (Wildman–Crippen LogP) is 5.66. The largest absolute Gasteiger partial charge is 0.435 e. The number of aryl methyl sites for hydroxylation is 1. The van der Waals surface area contributed by atoms with Crippen LogP contribution in [0.4, 0.5) is 23.2 Å². The number of benzene rings is 1. The van der Waals surface area contributed by atoms with Crippen LogP contribution in [0, 0.1) is 17.7 Å². The SMILES string of the molecule is Cn1cc(C2(O)CC3CC(c4nc(Cl)n(C)c4C(=O)Nc4ccc(F)c(Cl)c4)CC3C2)c(C(F)(F)F)n1. The quantitative estimate of drug-likeness (QED) is 0.404. The van der Waals surface area contributed by atoms with E-state index in [1.807, 2.05) is 0 Å². The Hall–Kier alpha value is -2.63. The highest BCUT2D eigenvalue weighted by atomic mass is 35.5. The molecular formula is C24H23Cl2F4N5O2. The number of rotatable bonds is 4. The topological polar surface area (TPSA) is 85.0 Å². The number of halogens is 6. The molecule has 2 fully saturated rings. The average molecular weight is 560 g/mol. The van der Waals surface area contributed by atoms with Crippen molar-refractivity contribution < 1.29 is 27.5 Å². The highest BCUT2D eigenvalue weighted by molar-refractivity contribution is 6.31. The van der Waals surface area contributed by atoms with Crippen LogP contribution in [0.15, 0.2) is 24.4 Å². The Balaban J connectivity index is 1.37. The van der Waals surface area contributed by atoms with E-state index in [1.165, 1.54) is 29.9 Å². The maximum atomic E-state index is 13.5. The highest BCUT2D eigenvalue weighted by Gasteiger charge is 2.54. The number of carbonyl (C=O) groups excluding carboxylic acids is 1. The normalized spacial score (nSPS) is 25.5. The molecule has 1 amide bonds. The third kappa shape index (κ3) is 4.61. The molecule has 0 saturated heterocycles. The van der Waals surface area contributed by atoms with Crippen molar-refractivity contribution in [2.45, 2.75) is 43.4 Å². The summed E-state index contributed by atoms with van der Waals surface area (Å²) in [5.41, 5.74) is -1.89. The minimum absolute atomic E-state index is 0.0658. The third-order valence-corrected chi connectivity index (χ3v) is 8.11. The Kier molecular flexibility index (Phi) is 6.32. The van der Waals surface area contributed by atoms with Gasteiger partial charge >= 0.3 is 6.18 Å². The molecule has 3 aromatic rings. The van der Waals surface area contributed by atoms with Crippen molar-refractivity contribution in [3.63, 3.8) is 0 Å². The molecule has 0 bridgehead atoms. The van der Waals surface area contributed by atoms with E-state index in [0.29, 0.717) is 24.2 Å². The molecule has 2 unspecified atom stereocenters. The lowest BCUT2D eigenvalue weighted by Gasteiger charge is -2.25. The fourth-order valence-electron chi connectivity index (χ4n) is 5.95. The van der Waals surface area contributed by atoms with Gasteiger partial charge in [0.05, 0.1) is 16.3 Å². The molecule has 5 rings (SSSR count). The molecule has 0 radical (unpaired) electrons. The summed E-state index contributed by atoms with van der Waals surface area (Å²) in [4.78, 5) is 17.6. The van der Waals surface area contributed by atoms with Crippen LogP contribution in [0.1, 0.15) is 59.0 Å². The number of hydrogen-bond donors (Lipinski definition) is 2. The molecule has 198 valence electrons. The van der Waals surface area contributed by atoms with Gasteiger partial charge in [-0.2, -0.15) is 18.3 Å². The molecule has 2 aliphatic carbocycles. The molecule has 37 heavy (non-hydrogen) atoms. The molecule has 2 aliphatic rings. The molecule has 2 aromatic heterocycles. The van der Waals surface area contributed by atoms with Gasteiger partial charge in [-0.25, -0.2) is 9.37 Å². The Bertz CT molecular complexity index is 1370. The van der Waals surface area contributed by atoms with Crippen LogP contribution in [0.2, 0.25) is 10.3 Å². The molecule has 7 nitrogen and oxygen atoms in total. The van der Waals surface area contributed by atoms with E-state index in [2.05, 4.69) is 15.4 Å². The first-order valence-electron chi connectivity index (χ1n) is 11.6. The van der Waals surface area contributed by atoms with E-state index in [0.717, 1.165) is 10.7 Å². The van der Waals surface area contributed by atoms with Gasteiger partial charge in [0.15, 0.2) is 5.69 Å². The van der Waals surface area contributed by atoms with Gasteiger partial charge in [0.2, 0.25) is 5.28 Å². The Morgan fingerprint density at radius 3 is 2.43 bits per heavy atom. The smallest absolute Gasteiger partial charge is 0.385 e. The molecule has 0 aliphatic heterocycles. The fourth-order valence-corrected chi connectivity index (χ4v) is 6.31. The lowest BCUT2D eigenvalue weighted by atomic mass is 9.87. The number of aliphatic hydroxyl groups is 1. The van der Waals surface area contributed by atoms with Crippen LogP contribution < -0.4 is 5.32 Å². The van der Waals surface area contributed by atoms with Gasteiger partial charge in [-0.05, 0) is 67.3 Å². The van der Waals surface area contributed by atoms with Gasteiger partial charge < -0.3 is 15.0 Å². The standard InChI is InChI=1S/C24H23Cl2F4N5O2/c1-34-10-15(20(33-34)24(28,29)30)23(37)8-12-5-11(6-13(12)9-23)18-19(35(2)22(26)32-18)21(36)31-14-3-4-17(27)16(25)7-14/h3-4,7,10-13,37H,5-6,8-9H2,1-2H3,(H,31,36). The van der Waals surface area contributed by atoms with Crippen molar-refractivity contribution in [3.05, 3.63) is 63.2 Å². The predicted molar refractivity (Wildman–Crippen MR) is 128 cm³/mol. The Labute approximate surface area is 219 Å². The van der Waals surface area contributed by atoms with E-state index < -0.39 is 29.2 Å². The van der Waals surface area contributed by atoms with Gasteiger partial charge in [0, 0.05) is 37.5 Å². The second-order valence-electron chi connectivity index (χ2n) is 9.95. The van der Waals surface area contributed by atoms with E-state index in [4.69, 9.17) is 23.2 Å². The fraction of sp³-hybridized carbons (Fsp3) is 0.458. The number of anilines is 1. The number of alkyl halides is 3. The zero-order valence-electron chi connectivity index (χ0n) is 19.8. The molecule has 0 spiro atoms. The Morgan fingerprint density at radius 2 is 1.84 bits per heavy atom. The number of imidazole rings is 1. The van der Waals surface area contributed by atoms with Crippen LogP contribution in [0.3, 0.4) is 0 Å². The van der Waals surface area contributed by atoms with Crippen molar-refractivity contribution in [3.8, 4) is 0 Å². The van der Waals surface area contributed by atoms with E-state index in [-0.39, 0.29) is 52.2 Å². The number of carbonyl (C=O) groups is 1. The van der Waals surface area contributed by atoms with Gasteiger partial charge in [-0.3, -0.25) is 9.48 Å². The third-order valence-electron chi connectivity index (χ3n) is 7.49. The number of amides is 1. The maximum Gasteiger partial charge on any atom is 0.435 e. The second kappa shape index (κ2) is 8.99. The van der Waals surface area contributed by atoms with Crippen molar-refractivity contribution in [1.29, 1.82) is 0 Å². The molecule has 2 heterocycles. The summed E-state index contributed by atoms with van der Waals surface area (Å²) in [6.45, 7) is 0. The highest BCUT2D eigenvalue weighted by Crippen LogP contribution is 2.58. The van der Waals surface area contributed by atoms with E-state index in [9.17, 15) is 27.5 Å². The van der Waals surface area contributed by atoms with Gasteiger partial charge in [-0.1, -0.05) is 11.6 Å². The number of aromatic nitrogens is 4. The summed E-state index contributed by atoms with van der Waals surface area (Å²) < 4.78 is 56.7.